The molecule has 2 rings (SSSR count). The maximum Gasteiger partial charge on any atom is 0.128 e. The van der Waals surface area contributed by atoms with Crippen molar-refractivity contribution in [2.24, 2.45) is 0 Å². The van der Waals surface area contributed by atoms with Crippen molar-refractivity contribution in [2.45, 2.75) is 26.4 Å². The van der Waals surface area contributed by atoms with Crippen molar-refractivity contribution in [1.29, 1.82) is 0 Å². The molecule has 114 valence electrons. The second-order valence-corrected chi connectivity index (χ2v) is 5.67. The lowest BCUT2D eigenvalue weighted by molar-refractivity contribution is 0.103. The average molecular weight is 290 g/mol. The Morgan fingerprint density at radius 3 is 2.52 bits per heavy atom. The van der Waals surface area contributed by atoms with Crippen LogP contribution in [0.2, 0.25) is 0 Å². The lowest BCUT2D eigenvalue weighted by Gasteiger charge is -2.37. The third-order valence-corrected chi connectivity index (χ3v) is 3.90. The second kappa shape index (κ2) is 7.56. The molecule has 0 bridgehead atoms. The quantitative estimate of drug-likeness (QED) is 0.858. The first kappa shape index (κ1) is 16.0. The first-order valence-corrected chi connectivity index (χ1v) is 7.44. The summed E-state index contributed by atoms with van der Waals surface area (Å²) in [5.74, 6) is 5.04. The highest BCUT2D eigenvalue weighted by Gasteiger charge is 2.19. The summed E-state index contributed by atoms with van der Waals surface area (Å²) in [7, 11) is 0. The van der Waals surface area contributed by atoms with Gasteiger partial charge >= 0.3 is 0 Å². The largest absolute Gasteiger partial charge is 0.384 e. The number of hydrogen-bond acceptors (Lipinski definition) is 3. The van der Waals surface area contributed by atoms with Gasteiger partial charge in [-0.3, -0.25) is 9.80 Å². The molecule has 4 heteroatoms. The molecule has 0 amide bonds. The Labute approximate surface area is 126 Å². The molecule has 1 N–H and O–H groups in total. The lowest BCUT2D eigenvalue weighted by Crippen LogP contribution is -2.48. The van der Waals surface area contributed by atoms with Crippen molar-refractivity contribution in [3.63, 3.8) is 0 Å². The maximum atomic E-state index is 14.1. The van der Waals surface area contributed by atoms with Gasteiger partial charge in [0.2, 0.25) is 0 Å². The number of halogens is 1. The van der Waals surface area contributed by atoms with E-state index in [9.17, 15) is 4.39 Å². The fraction of sp³-hybridized carbons (Fsp3) is 0.529. The Bertz CT molecular complexity index is 525. The summed E-state index contributed by atoms with van der Waals surface area (Å²) in [6.45, 7) is 8.89. The second-order valence-electron chi connectivity index (χ2n) is 5.67. The molecule has 1 fully saturated rings. The van der Waals surface area contributed by atoms with E-state index in [-0.39, 0.29) is 12.4 Å². The van der Waals surface area contributed by atoms with Gasteiger partial charge in [0.25, 0.3) is 0 Å². The van der Waals surface area contributed by atoms with Gasteiger partial charge in [0, 0.05) is 49.9 Å². The van der Waals surface area contributed by atoms with Gasteiger partial charge in [0.1, 0.15) is 12.4 Å². The van der Waals surface area contributed by atoms with Crippen molar-refractivity contribution in [3.05, 3.63) is 35.1 Å². The molecule has 1 heterocycles. The van der Waals surface area contributed by atoms with E-state index in [1.807, 2.05) is 6.07 Å². The number of aliphatic hydroxyl groups excluding tert-OH is 1. The standard InChI is InChI=1S/C17H23FN2O/c1-14(2)20-9-7-19(8-10-20)13-16-6-5-15(4-3-11-21)12-17(16)18/h5-6,12,14,21H,7-11,13H2,1-2H3. The predicted molar refractivity (Wildman–Crippen MR) is 82.3 cm³/mol. The van der Waals surface area contributed by atoms with Crippen molar-refractivity contribution in [3.8, 4) is 11.8 Å². The first-order chi connectivity index (χ1) is 10.1. The summed E-state index contributed by atoms with van der Waals surface area (Å²) in [5, 5.41) is 8.65. The van der Waals surface area contributed by atoms with Crippen LogP contribution in [0.15, 0.2) is 18.2 Å². The molecule has 1 aliphatic rings. The number of nitrogens with zero attached hydrogens (tertiary/aromatic N) is 2. The molecule has 21 heavy (non-hydrogen) atoms. The van der Waals surface area contributed by atoms with Crippen LogP contribution in [-0.2, 0) is 6.54 Å². The van der Waals surface area contributed by atoms with Gasteiger partial charge in [0.15, 0.2) is 0 Å². The van der Waals surface area contributed by atoms with Crippen LogP contribution in [0, 0.1) is 17.7 Å². The van der Waals surface area contributed by atoms with Gasteiger partial charge in [-0.05, 0) is 26.0 Å². The van der Waals surface area contributed by atoms with Crippen molar-refractivity contribution < 1.29 is 9.50 Å². The third kappa shape index (κ3) is 4.53. The Hall–Kier alpha value is -1.41. The van der Waals surface area contributed by atoms with Gasteiger partial charge in [-0.2, -0.15) is 0 Å². The molecule has 0 unspecified atom stereocenters. The Kier molecular flexibility index (Phi) is 5.75. The number of hydrogen-bond donors (Lipinski definition) is 1. The molecule has 3 nitrogen and oxygen atoms in total. The summed E-state index contributed by atoms with van der Waals surface area (Å²) in [5.41, 5.74) is 1.32. The zero-order valence-electron chi connectivity index (χ0n) is 12.8. The van der Waals surface area contributed by atoms with Gasteiger partial charge in [-0.25, -0.2) is 4.39 Å². The molecule has 0 aromatic heterocycles. The molecular formula is C17H23FN2O. The molecular weight excluding hydrogens is 267 g/mol. The number of benzene rings is 1. The molecule has 1 aliphatic heterocycles. The van der Waals surface area contributed by atoms with Crippen LogP contribution in [0.25, 0.3) is 0 Å². The van der Waals surface area contributed by atoms with Crippen LogP contribution < -0.4 is 0 Å². The first-order valence-electron chi connectivity index (χ1n) is 7.44. The number of piperazine rings is 1. The van der Waals surface area contributed by atoms with Crippen LogP contribution in [0.5, 0.6) is 0 Å². The van der Waals surface area contributed by atoms with Crippen LogP contribution in [-0.4, -0.2) is 53.7 Å². The van der Waals surface area contributed by atoms with Crippen molar-refractivity contribution >= 4 is 0 Å². The average Bonchev–Trinajstić information content (AvgIpc) is 2.48. The monoisotopic (exact) mass is 290 g/mol. The molecule has 0 saturated carbocycles. The Balaban J connectivity index is 1.95. The Morgan fingerprint density at radius 1 is 1.24 bits per heavy atom. The summed E-state index contributed by atoms with van der Waals surface area (Å²) < 4.78 is 14.1. The van der Waals surface area contributed by atoms with Crippen LogP contribution in [0.4, 0.5) is 4.39 Å². The normalized spacial score (nSPS) is 16.8. The van der Waals surface area contributed by atoms with E-state index < -0.39 is 0 Å². The van der Waals surface area contributed by atoms with Crippen LogP contribution in [0.1, 0.15) is 25.0 Å². The van der Waals surface area contributed by atoms with Crippen LogP contribution >= 0.6 is 0 Å². The fourth-order valence-corrected chi connectivity index (χ4v) is 2.57. The highest BCUT2D eigenvalue weighted by atomic mass is 19.1. The fourth-order valence-electron chi connectivity index (χ4n) is 2.57. The zero-order valence-corrected chi connectivity index (χ0v) is 12.8. The summed E-state index contributed by atoms with van der Waals surface area (Å²) in [6, 6.07) is 5.63. The van der Waals surface area contributed by atoms with E-state index in [0.29, 0.717) is 23.7 Å². The highest BCUT2D eigenvalue weighted by Crippen LogP contribution is 2.14. The van der Waals surface area contributed by atoms with Crippen molar-refractivity contribution in [2.75, 3.05) is 32.8 Å². The molecule has 1 aromatic rings. The molecule has 0 radical (unpaired) electrons. The van der Waals surface area contributed by atoms with E-state index in [1.165, 1.54) is 6.07 Å². The molecule has 0 atom stereocenters. The Morgan fingerprint density at radius 2 is 1.95 bits per heavy atom. The van der Waals surface area contributed by atoms with E-state index >= 15 is 0 Å². The third-order valence-electron chi connectivity index (χ3n) is 3.90. The molecule has 1 saturated heterocycles. The van der Waals surface area contributed by atoms with Gasteiger partial charge in [-0.15, -0.1) is 0 Å². The van der Waals surface area contributed by atoms with E-state index in [2.05, 4.69) is 35.5 Å². The SMILES string of the molecule is CC(C)N1CCN(Cc2ccc(C#CCO)cc2F)CC1. The zero-order chi connectivity index (χ0) is 15.2. The smallest absolute Gasteiger partial charge is 0.128 e. The van der Waals surface area contributed by atoms with Gasteiger partial charge < -0.3 is 5.11 Å². The predicted octanol–water partition coefficient (Wildman–Crippen LogP) is 1.70. The van der Waals surface area contributed by atoms with Crippen LogP contribution in [0.3, 0.4) is 0 Å². The number of rotatable bonds is 3. The lowest BCUT2D eigenvalue weighted by atomic mass is 10.1. The van der Waals surface area contributed by atoms with E-state index in [1.54, 1.807) is 6.07 Å². The molecule has 0 aliphatic carbocycles. The highest BCUT2D eigenvalue weighted by molar-refractivity contribution is 5.37. The minimum atomic E-state index is -0.217. The summed E-state index contributed by atoms with van der Waals surface area (Å²) >= 11 is 0. The topological polar surface area (TPSA) is 26.7 Å². The summed E-state index contributed by atoms with van der Waals surface area (Å²) in [6.07, 6.45) is 0. The van der Waals surface area contributed by atoms with Gasteiger partial charge in [-0.1, -0.05) is 17.9 Å². The minimum Gasteiger partial charge on any atom is -0.384 e. The number of aliphatic hydroxyl groups is 1. The molecule has 0 spiro atoms. The maximum absolute atomic E-state index is 14.1. The minimum absolute atomic E-state index is 0.205. The summed E-state index contributed by atoms with van der Waals surface area (Å²) in [4.78, 5) is 4.73. The molecule has 1 aromatic carbocycles. The van der Waals surface area contributed by atoms with E-state index in [4.69, 9.17) is 5.11 Å². The van der Waals surface area contributed by atoms with Gasteiger partial charge in [0.05, 0.1) is 0 Å². The van der Waals surface area contributed by atoms with Crippen molar-refractivity contribution in [1.82, 2.24) is 9.80 Å². The van der Waals surface area contributed by atoms with E-state index in [0.717, 1.165) is 26.2 Å².